The molecule has 0 bridgehead atoms. The fourth-order valence-corrected chi connectivity index (χ4v) is 4.79. The van der Waals surface area contributed by atoms with Gasteiger partial charge in [0.2, 0.25) is 15.0 Å². The Balaban J connectivity index is 1.66. The van der Waals surface area contributed by atoms with E-state index in [1.807, 2.05) is 38.1 Å². The molecule has 3 aromatic rings. The molecule has 1 aromatic heterocycles. The number of rotatable bonds is 11. The molecule has 0 saturated carbocycles. The number of aromatic nitrogens is 2. The van der Waals surface area contributed by atoms with Gasteiger partial charge in [-0.25, -0.2) is 8.42 Å². The van der Waals surface area contributed by atoms with Gasteiger partial charge in [0.25, 0.3) is 11.1 Å². The predicted octanol–water partition coefficient (Wildman–Crippen LogP) is 3.96. The third-order valence-corrected chi connectivity index (χ3v) is 7.39. The van der Waals surface area contributed by atoms with Crippen LogP contribution in [0, 0.1) is 25.2 Å². The van der Waals surface area contributed by atoms with Gasteiger partial charge >= 0.3 is 0 Å². The summed E-state index contributed by atoms with van der Waals surface area (Å²) < 4.78 is 44.6. The first-order valence-electron chi connectivity index (χ1n) is 11.2. The van der Waals surface area contributed by atoms with E-state index in [1.165, 1.54) is 20.1 Å². The number of amides is 1. The molecule has 1 N–H and O–H groups in total. The van der Waals surface area contributed by atoms with Gasteiger partial charge in [-0.05, 0) is 48.7 Å². The van der Waals surface area contributed by atoms with Gasteiger partial charge in [0.05, 0.1) is 12.9 Å². The van der Waals surface area contributed by atoms with Crippen LogP contribution in [0.4, 0.5) is 5.13 Å². The maximum absolute atomic E-state index is 12.6. The Hall–Kier alpha value is -3.95. The van der Waals surface area contributed by atoms with Crippen LogP contribution in [0.3, 0.4) is 0 Å². The van der Waals surface area contributed by atoms with E-state index >= 15 is 0 Å². The Morgan fingerprint density at radius 2 is 1.84 bits per heavy atom. The van der Waals surface area contributed by atoms with Crippen molar-refractivity contribution >= 4 is 38.5 Å². The van der Waals surface area contributed by atoms with Crippen molar-refractivity contribution in [1.82, 2.24) is 9.36 Å². The number of ether oxygens (including phenoxy) is 3. The van der Waals surface area contributed by atoms with Crippen molar-refractivity contribution in [3.8, 4) is 23.3 Å². The van der Waals surface area contributed by atoms with Gasteiger partial charge in [-0.15, -0.1) is 0 Å². The number of carbonyl (C=O) groups excluding carboxylic acids is 1. The third kappa shape index (κ3) is 7.05. The SMILES string of the molecule is CCS(=O)(=O)c1nsc(NC(=O)C(C#N)=Cc2ccc(OCCOc3c(C)cccc3C)c(OC)c2)n1. The van der Waals surface area contributed by atoms with E-state index < -0.39 is 15.7 Å². The molecular weight excluding hydrogens is 516 g/mol. The van der Waals surface area contributed by atoms with Crippen molar-refractivity contribution in [3.63, 3.8) is 0 Å². The van der Waals surface area contributed by atoms with Crippen LogP contribution in [0.5, 0.6) is 17.2 Å². The lowest BCUT2D eigenvalue weighted by Gasteiger charge is -2.14. The number of nitrogens with zero attached hydrogens (tertiary/aromatic N) is 3. The molecule has 0 unspecified atom stereocenters. The highest BCUT2D eigenvalue weighted by Crippen LogP contribution is 2.29. The number of sulfone groups is 1. The van der Waals surface area contributed by atoms with Gasteiger partial charge in [0, 0.05) is 11.5 Å². The Morgan fingerprint density at radius 3 is 2.49 bits per heavy atom. The Kier molecular flexibility index (Phi) is 9.21. The van der Waals surface area contributed by atoms with Crippen LogP contribution in [0.1, 0.15) is 23.6 Å². The molecule has 1 amide bonds. The first-order valence-corrected chi connectivity index (χ1v) is 13.6. The zero-order valence-electron chi connectivity index (χ0n) is 20.8. The number of benzene rings is 2. The first-order chi connectivity index (χ1) is 17.7. The summed E-state index contributed by atoms with van der Waals surface area (Å²) in [4.78, 5) is 16.4. The zero-order valence-corrected chi connectivity index (χ0v) is 22.4. The quantitative estimate of drug-likeness (QED) is 0.216. The van der Waals surface area contributed by atoms with Crippen LogP contribution in [0.2, 0.25) is 0 Å². The lowest BCUT2D eigenvalue weighted by atomic mass is 10.1. The number of hydrogen-bond donors (Lipinski definition) is 1. The minimum absolute atomic E-state index is 0.0254. The van der Waals surface area contributed by atoms with Crippen LogP contribution in [-0.2, 0) is 14.6 Å². The summed E-state index contributed by atoms with van der Waals surface area (Å²) in [6.45, 7) is 6.05. The van der Waals surface area contributed by atoms with Crippen molar-refractivity contribution in [2.45, 2.75) is 25.9 Å². The summed E-state index contributed by atoms with van der Waals surface area (Å²) in [5.74, 6) is 0.810. The molecule has 0 aliphatic carbocycles. The molecule has 1 heterocycles. The van der Waals surface area contributed by atoms with E-state index in [9.17, 15) is 18.5 Å². The van der Waals surface area contributed by atoms with Gasteiger partial charge in [0.1, 0.15) is 30.6 Å². The molecule has 10 nitrogen and oxygen atoms in total. The number of anilines is 1. The normalized spacial score (nSPS) is 11.5. The zero-order chi connectivity index (χ0) is 27.0. The van der Waals surface area contributed by atoms with Crippen LogP contribution >= 0.6 is 11.5 Å². The highest BCUT2D eigenvalue weighted by Gasteiger charge is 2.20. The average molecular weight is 543 g/mol. The van der Waals surface area contributed by atoms with Gasteiger partial charge < -0.3 is 14.2 Å². The van der Waals surface area contributed by atoms with Gasteiger partial charge in [-0.2, -0.15) is 14.6 Å². The van der Waals surface area contributed by atoms with Crippen LogP contribution in [0.25, 0.3) is 6.08 Å². The minimum Gasteiger partial charge on any atom is -0.493 e. The number of hydrogen-bond acceptors (Lipinski definition) is 10. The number of aryl methyl sites for hydroxylation is 2. The summed E-state index contributed by atoms with van der Waals surface area (Å²) >= 11 is 0.716. The van der Waals surface area contributed by atoms with E-state index in [0.717, 1.165) is 16.9 Å². The van der Waals surface area contributed by atoms with Crippen molar-refractivity contribution in [1.29, 1.82) is 5.26 Å². The lowest BCUT2D eigenvalue weighted by Crippen LogP contribution is -2.14. The highest BCUT2D eigenvalue weighted by atomic mass is 32.2. The van der Waals surface area contributed by atoms with E-state index in [1.54, 1.807) is 18.2 Å². The molecule has 0 saturated heterocycles. The fourth-order valence-electron chi connectivity index (χ4n) is 3.21. The summed E-state index contributed by atoms with van der Waals surface area (Å²) in [5, 5.41) is 11.5. The molecule has 194 valence electrons. The molecular formula is C25H26N4O6S2. The largest absolute Gasteiger partial charge is 0.493 e. The molecule has 0 aliphatic rings. The Labute approximate surface area is 219 Å². The van der Waals surface area contributed by atoms with E-state index in [0.29, 0.717) is 35.2 Å². The van der Waals surface area contributed by atoms with Crippen molar-refractivity contribution in [2.24, 2.45) is 0 Å². The maximum atomic E-state index is 12.6. The molecule has 0 fully saturated rings. The van der Waals surface area contributed by atoms with Crippen molar-refractivity contribution in [2.75, 3.05) is 31.4 Å². The summed E-state index contributed by atoms with van der Waals surface area (Å²) in [7, 11) is -2.12. The molecule has 2 aromatic carbocycles. The topological polar surface area (TPSA) is 140 Å². The summed E-state index contributed by atoms with van der Waals surface area (Å²) in [6.07, 6.45) is 1.37. The smallest absolute Gasteiger partial charge is 0.268 e. The molecule has 12 heteroatoms. The summed E-state index contributed by atoms with van der Waals surface area (Å²) in [5.41, 5.74) is 2.40. The third-order valence-electron chi connectivity index (χ3n) is 5.15. The number of nitriles is 1. The first kappa shape index (κ1) is 27.6. The second-order valence-corrected chi connectivity index (χ2v) is 10.7. The van der Waals surface area contributed by atoms with Crippen LogP contribution < -0.4 is 19.5 Å². The van der Waals surface area contributed by atoms with Gasteiger partial charge in [-0.1, -0.05) is 31.2 Å². The van der Waals surface area contributed by atoms with E-state index in [-0.39, 0.29) is 28.2 Å². The second-order valence-electron chi connectivity index (χ2n) is 7.74. The van der Waals surface area contributed by atoms with Crippen LogP contribution in [0.15, 0.2) is 47.1 Å². The Morgan fingerprint density at radius 1 is 1.14 bits per heavy atom. The molecule has 0 spiro atoms. The lowest BCUT2D eigenvalue weighted by molar-refractivity contribution is -0.112. The number of methoxy groups -OCH3 is 1. The molecule has 3 rings (SSSR count). The van der Waals surface area contributed by atoms with Gasteiger partial charge in [-0.3, -0.25) is 10.1 Å². The number of carbonyl (C=O) groups is 1. The second kappa shape index (κ2) is 12.3. The van der Waals surface area contributed by atoms with Gasteiger partial charge in [0.15, 0.2) is 11.5 Å². The Bertz CT molecular complexity index is 1440. The van der Waals surface area contributed by atoms with Crippen molar-refractivity contribution in [3.05, 3.63) is 58.7 Å². The fraction of sp³-hybridized carbons (Fsp3) is 0.280. The molecule has 37 heavy (non-hydrogen) atoms. The van der Waals surface area contributed by atoms with E-state index in [2.05, 4.69) is 14.7 Å². The number of para-hydroxylation sites is 1. The van der Waals surface area contributed by atoms with Crippen LogP contribution in [-0.4, -0.2) is 49.8 Å². The van der Waals surface area contributed by atoms with Crippen molar-refractivity contribution < 1.29 is 27.4 Å². The predicted molar refractivity (Wildman–Crippen MR) is 140 cm³/mol. The highest BCUT2D eigenvalue weighted by molar-refractivity contribution is 7.91. The minimum atomic E-state index is -3.60. The standard InChI is InChI=1S/C25H26N4O6S2/c1-5-37(31,32)25-28-24(36-29-25)27-23(30)19(15-26)13-18-9-10-20(21(14-18)33-4)34-11-12-35-22-16(2)7-6-8-17(22)3/h6-10,13-14H,5,11-12H2,1-4H3,(H,27,28,29,30). The summed E-state index contributed by atoms with van der Waals surface area (Å²) in [6, 6.07) is 12.7. The molecule has 0 radical (unpaired) electrons. The number of nitrogens with one attached hydrogen (secondary N) is 1. The molecule has 0 aliphatic heterocycles. The maximum Gasteiger partial charge on any atom is 0.268 e. The average Bonchev–Trinajstić information content (AvgIpc) is 3.36. The monoisotopic (exact) mass is 542 g/mol. The molecule has 0 atom stereocenters. The van der Waals surface area contributed by atoms with E-state index in [4.69, 9.17) is 14.2 Å².